The van der Waals surface area contributed by atoms with E-state index >= 15 is 0 Å². The van der Waals surface area contributed by atoms with Gasteiger partial charge in [-0.1, -0.05) is 19.8 Å². The number of hydrogen-bond acceptors (Lipinski definition) is 3. The summed E-state index contributed by atoms with van der Waals surface area (Å²) in [5, 5.41) is 19.8. The minimum absolute atomic E-state index is 0.220. The first-order valence-electron chi connectivity index (χ1n) is 5.22. The first kappa shape index (κ1) is 16.1. The Balaban J connectivity index is 4.92. The number of carboxylic acids is 2. The molecule has 17 heavy (non-hydrogen) atoms. The molecular weight excluding hydrogens is 249 g/mol. The lowest BCUT2D eigenvalue weighted by Gasteiger charge is -2.23. The van der Waals surface area contributed by atoms with Crippen LogP contribution in [0.5, 0.6) is 0 Å². The van der Waals surface area contributed by atoms with Gasteiger partial charge in [-0.3, -0.25) is 14.2 Å². The predicted octanol–water partition coefficient (Wildman–Crippen LogP) is 0.735. The molecule has 0 saturated carbocycles. The van der Waals surface area contributed by atoms with E-state index in [2.05, 4.69) is 5.09 Å². The summed E-state index contributed by atoms with van der Waals surface area (Å²) in [5.41, 5.74) is 0. The van der Waals surface area contributed by atoms with Crippen molar-refractivity contribution in [2.45, 2.75) is 32.2 Å². The molecule has 0 aromatic heterocycles. The van der Waals surface area contributed by atoms with Crippen molar-refractivity contribution < 1.29 is 29.3 Å². The van der Waals surface area contributed by atoms with E-state index in [9.17, 15) is 14.2 Å². The second-order valence-corrected chi connectivity index (χ2v) is 5.93. The Kier molecular flexibility index (Phi) is 6.37. The summed E-state index contributed by atoms with van der Waals surface area (Å²) >= 11 is 0. The van der Waals surface area contributed by atoms with Gasteiger partial charge in [0.2, 0.25) is 0 Å². The zero-order valence-electron chi connectivity index (χ0n) is 9.79. The first-order valence-corrected chi connectivity index (χ1v) is 7.33. The molecule has 0 amide bonds. The lowest BCUT2D eigenvalue weighted by molar-refractivity contribution is -0.155. The molecule has 0 fully saturated rings. The van der Waals surface area contributed by atoms with Crippen LogP contribution in [0.2, 0.25) is 0 Å². The molecule has 0 heterocycles. The van der Waals surface area contributed by atoms with Crippen molar-refractivity contribution in [2.75, 3.05) is 6.66 Å². The second-order valence-electron chi connectivity index (χ2n) is 3.91. The Morgan fingerprint density at radius 3 is 2.06 bits per heavy atom. The van der Waals surface area contributed by atoms with Crippen molar-refractivity contribution in [3.8, 4) is 0 Å². The smallest absolute Gasteiger partial charge is 0.319 e. The first-order chi connectivity index (χ1) is 7.69. The quantitative estimate of drug-likeness (QED) is 0.377. The summed E-state index contributed by atoms with van der Waals surface area (Å²) in [6, 6.07) is -1.05. The lowest BCUT2D eigenvalue weighted by atomic mass is 9.96. The Labute approximate surface area is 99.3 Å². The fraction of sp³-hybridized carbons (Fsp3) is 0.778. The van der Waals surface area contributed by atoms with Crippen LogP contribution in [0.15, 0.2) is 0 Å². The molecule has 8 heteroatoms. The molecule has 0 rings (SSSR count). The normalized spacial score (nSPS) is 16.5. The highest BCUT2D eigenvalue weighted by Crippen LogP contribution is 2.32. The second kappa shape index (κ2) is 6.74. The lowest BCUT2D eigenvalue weighted by Crippen LogP contribution is -2.43. The fourth-order valence-corrected chi connectivity index (χ4v) is 2.38. The Morgan fingerprint density at radius 1 is 1.29 bits per heavy atom. The predicted molar refractivity (Wildman–Crippen MR) is 61.0 cm³/mol. The Hall–Kier alpha value is -0.910. The van der Waals surface area contributed by atoms with Gasteiger partial charge in [0.15, 0.2) is 5.92 Å². The standard InChI is InChI=1S/C9H18NO6P/c1-3-4-5-6(10-17(2,15)16)7(8(11)12)9(13)14/h6-7H,3-5H2,1-2H3,(H,11,12)(H,13,14)(H2,10,15,16). The van der Waals surface area contributed by atoms with E-state index in [1.165, 1.54) is 0 Å². The molecule has 4 N–H and O–H groups in total. The molecule has 0 aliphatic heterocycles. The highest BCUT2D eigenvalue weighted by Gasteiger charge is 2.36. The third-order valence-corrected chi connectivity index (χ3v) is 3.02. The van der Waals surface area contributed by atoms with Crippen LogP contribution in [0.1, 0.15) is 26.2 Å². The van der Waals surface area contributed by atoms with Gasteiger partial charge in [-0.15, -0.1) is 0 Å². The molecule has 0 aromatic rings. The summed E-state index contributed by atoms with van der Waals surface area (Å²) in [6.45, 7) is 2.87. The maximum absolute atomic E-state index is 11.2. The molecule has 2 unspecified atom stereocenters. The molecule has 0 radical (unpaired) electrons. The van der Waals surface area contributed by atoms with Crippen LogP contribution in [0.3, 0.4) is 0 Å². The largest absolute Gasteiger partial charge is 0.481 e. The number of nitrogens with one attached hydrogen (secondary N) is 1. The molecule has 7 nitrogen and oxygen atoms in total. The highest BCUT2D eigenvalue weighted by atomic mass is 31.2. The van der Waals surface area contributed by atoms with Crippen LogP contribution >= 0.6 is 7.52 Å². The minimum Gasteiger partial charge on any atom is -0.481 e. The SMILES string of the molecule is CCCCC(NP(C)(=O)O)C(C(=O)O)C(=O)O. The topological polar surface area (TPSA) is 124 Å². The van der Waals surface area contributed by atoms with E-state index in [1.807, 2.05) is 6.92 Å². The maximum Gasteiger partial charge on any atom is 0.319 e. The average Bonchev–Trinajstić information content (AvgIpc) is 2.10. The number of rotatable bonds is 8. The van der Waals surface area contributed by atoms with Gasteiger partial charge in [0.1, 0.15) is 0 Å². The number of carboxylic acid groups (broad SMARTS) is 2. The number of carbonyl (C=O) groups is 2. The molecule has 0 bridgehead atoms. The van der Waals surface area contributed by atoms with E-state index in [4.69, 9.17) is 15.1 Å². The molecule has 0 aromatic carbocycles. The Morgan fingerprint density at radius 2 is 1.76 bits per heavy atom. The molecule has 2 atom stereocenters. The van der Waals surface area contributed by atoms with E-state index in [1.54, 1.807) is 0 Å². The van der Waals surface area contributed by atoms with Gasteiger partial charge in [-0.2, -0.15) is 0 Å². The van der Waals surface area contributed by atoms with Gasteiger partial charge in [0, 0.05) is 12.7 Å². The van der Waals surface area contributed by atoms with Crippen molar-refractivity contribution in [2.24, 2.45) is 5.92 Å². The summed E-state index contributed by atoms with van der Waals surface area (Å²) in [5.74, 6) is -4.75. The van der Waals surface area contributed by atoms with Gasteiger partial charge >= 0.3 is 11.9 Å². The third kappa shape index (κ3) is 6.41. The van der Waals surface area contributed by atoms with E-state index in [0.717, 1.165) is 13.1 Å². The molecule has 0 aliphatic rings. The number of hydrogen-bond donors (Lipinski definition) is 4. The maximum atomic E-state index is 11.2. The van der Waals surface area contributed by atoms with E-state index < -0.39 is 31.4 Å². The van der Waals surface area contributed by atoms with Crippen molar-refractivity contribution in [3.05, 3.63) is 0 Å². The van der Waals surface area contributed by atoms with Crippen molar-refractivity contribution >= 4 is 19.5 Å². The summed E-state index contributed by atoms with van der Waals surface area (Å²) in [6.07, 6.45) is 1.54. The number of aliphatic carboxylic acids is 2. The van der Waals surface area contributed by atoms with Crippen LogP contribution in [0, 0.1) is 5.92 Å². The average molecular weight is 267 g/mol. The minimum atomic E-state index is -3.67. The third-order valence-electron chi connectivity index (χ3n) is 2.21. The van der Waals surface area contributed by atoms with Crippen molar-refractivity contribution in [1.82, 2.24) is 5.09 Å². The van der Waals surface area contributed by atoms with Gasteiger partial charge < -0.3 is 15.1 Å². The zero-order chi connectivity index (χ0) is 13.6. The van der Waals surface area contributed by atoms with Crippen LogP contribution in [-0.2, 0) is 14.2 Å². The van der Waals surface area contributed by atoms with Crippen LogP contribution in [-0.4, -0.2) is 39.8 Å². The van der Waals surface area contributed by atoms with Gasteiger partial charge in [-0.05, 0) is 6.42 Å². The number of unbranched alkanes of at least 4 members (excludes halogenated alkanes) is 1. The zero-order valence-corrected chi connectivity index (χ0v) is 10.7. The summed E-state index contributed by atoms with van der Waals surface area (Å²) in [4.78, 5) is 30.8. The summed E-state index contributed by atoms with van der Waals surface area (Å²) in [7, 11) is -3.67. The molecule has 100 valence electrons. The van der Waals surface area contributed by atoms with Crippen molar-refractivity contribution in [3.63, 3.8) is 0 Å². The fourth-order valence-electron chi connectivity index (χ4n) is 1.49. The van der Waals surface area contributed by atoms with Gasteiger partial charge in [0.05, 0.1) is 0 Å². The summed E-state index contributed by atoms with van der Waals surface area (Å²) < 4.78 is 11.2. The Bertz CT molecular complexity index is 311. The molecule has 0 aliphatic carbocycles. The van der Waals surface area contributed by atoms with Gasteiger partial charge in [0.25, 0.3) is 7.52 Å². The van der Waals surface area contributed by atoms with Gasteiger partial charge in [-0.25, -0.2) is 5.09 Å². The highest BCUT2D eigenvalue weighted by molar-refractivity contribution is 7.55. The monoisotopic (exact) mass is 267 g/mol. The molecule has 0 spiro atoms. The van der Waals surface area contributed by atoms with Crippen LogP contribution in [0.25, 0.3) is 0 Å². The van der Waals surface area contributed by atoms with Crippen LogP contribution in [0.4, 0.5) is 0 Å². The van der Waals surface area contributed by atoms with E-state index in [0.29, 0.717) is 6.42 Å². The molecule has 0 saturated heterocycles. The molecular formula is C9H18NO6P. The van der Waals surface area contributed by atoms with Crippen molar-refractivity contribution in [1.29, 1.82) is 0 Å². The van der Waals surface area contributed by atoms with Crippen LogP contribution < -0.4 is 5.09 Å². The van der Waals surface area contributed by atoms with E-state index in [-0.39, 0.29) is 6.42 Å².